The van der Waals surface area contributed by atoms with Crippen molar-refractivity contribution in [1.82, 2.24) is 5.32 Å². The third kappa shape index (κ3) is 30.0. The number of carbonyl (C=O) groups is 1. The van der Waals surface area contributed by atoms with E-state index in [1.165, 1.54) is 0 Å². The number of hydrogen-bond donors (Lipinski definition) is 4. The molecule has 0 unspecified atom stereocenters. The first-order chi connectivity index (χ1) is 12.9. The van der Waals surface area contributed by atoms with Gasteiger partial charge in [-0.1, -0.05) is 0 Å². The number of ether oxygens (including phenoxy) is 5. The monoisotopic (exact) mass is 398 g/mol. The molecule has 27 heavy (non-hydrogen) atoms. The average molecular weight is 399 g/mol. The van der Waals surface area contributed by atoms with Crippen LogP contribution in [-0.2, 0) is 23.7 Å². The van der Waals surface area contributed by atoms with Gasteiger partial charge in [0.1, 0.15) is 5.60 Å². The van der Waals surface area contributed by atoms with Crippen molar-refractivity contribution in [3.05, 3.63) is 0 Å². The van der Waals surface area contributed by atoms with Gasteiger partial charge in [-0.2, -0.15) is 0 Å². The van der Waals surface area contributed by atoms with Crippen LogP contribution in [0.2, 0.25) is 0 Å². The molecule has 0 aromatic heterocycles. The third-order valence-electron chi connectivity index (χ3n) is 2.45. The molecule has 10 nitrogen and oxygen atoms in total. The highest BCUT2D eigenvalue weighted by Crippen LogP contribution is 2.05. The number of nitrogens with one attached hydrogen (secondary N) is 1. The Kier molecular flexibility index (Phi) is 22.2. The van der Waals surface area contributed by atoms with E-state index < -0.39 is 11.7 Å². The van der Waals surface area contributed by atoms with E-state index in [-0.39, 0.29) is 1.43 Å². The van der Waals surface area contributed by atoms with E-state index in [0.29, 0.717) is 79.0 Å². The summed E-state index contributed by atoms with van der Waals surface area (Å²) in [5, 5.41) is 2.59. The van der Waals surface area contributed by atoms with E-state index in [1.807, 2.05) is 20.8 Å². The van der Waals surface area contributed by atoms with Gasteiger partial charge in [0.2, 0.25) is 0 Å². The van der Waals surface area contributed by atoms with Gasteiger partial charge in [-0.3, -0.25) is 0 Å². The van der Waals surface area contributed by atoms with Crippen molar-refractivity contribution in [1.29, 1.82) is 0 Å². The summed E-state index contributed by atoms with van der Waals surface area (Å²) >= 11 is 0. The minimum atomic E-state index is -0.471. The van der Waals surface area contributed by atoms with Crippen LogP contribution in [-0.4, -0.2) is 90.7 Å². The molecule has 0 radical (unpaired) electrons. The van der Waals surface area contributed by atoms with Gasteiger partial charge < -0.3 is 46.2 Å². The quantitative estimate of drug-likeness (QED) is 0.272. The molecule has 0 bridgehead atoms. The maximum Gasteiger partial charge on any atom is 0.407 e. The molecule has 0 aromatic carbocycles. The molecule has 7 N–H and O–H groups in total. The number of hydrogen-bond acceptors (Lipinski definition) is 9. The van der Waals surface area contributed by atoms with Crippen molar-refractivity contribution in [3.63, 3.8) is 0 Å². The summed E-state index contributed by atoms with van der Waals surface area (Å²) in [5.74, 6) is 0. The third-order valence-corrected chi connectivity index (χ3v) is 2.45. The number of nitrogens with two attached hydrogens (primary N) is 3. The topological polar surface area (TPSA) is 153 Å². The normalized spacial score (nSPS) is 10.9. The van der Waals surface area contributed by atoms with Gasteiger partial charge in [0.25, 0.3) is 0 Å². The van der Waals surface area contributed by atoms with E-state index in [9.17, 15) is 4.79 Å². The molecule has 0 aliphatic heterocycles. The van der Waals surface area contributed by atoms with Crippen molar-refractivity contribution >= 4 is 6.09 Å². The Labute approximate surface area is 164 Å². The summed E-state index contributed by atoms with van der Waals surface area (Å²) in [5.41, 5.74) is 15.1. The van der Waals surface area contributed by atoms with Gasteiger partial charge in [0, 0.05) is 27.6 Å². The molecule has 0 aliphatic rings. The standard InChI is InChI=1S/C11H24N2O4.C6H16N2O2.H2/c1-11(2,3)17-10(14)13-5-7-16-9-8-15-6-4-12;7-1-3-9-5-6-10-4-2-8;/h4-9,12H2,1-3H3,(H,13,14);1-8H2;1H. The Morgan fingerprint density at radius 3 is 1.44 bits per heavy atom. The SMILES string of the molecule is CC(C)(C)OC(=O)NCCOCCOCCN.NCCOCCOCCN.[HH]. The van der Waals surface area contributed by atoms with Gasteiger partial charge in [0.05, 0.1) is 52.9 Å². The van der Waals surface area contributed by atoms with Crippen molar-refractivity contribution in [2.45, 2.75) is 26.4 Å². The lowest BCUT2D eigenvalue weighted by atomic mass is 10.2. The predicted molar refractivity (Wildman–Crippen MR) is 107 cm³/mol. The highest BCUT2D eigenvalue weighted by Gasteiger charge is 2.15. The van der Waals surface area contributed by atoms with Crippen molar-refractivity contribution in [2.75, 3.05) is 79.0 Å². The fourth-order valence-electron chi connectivity index (χ4n) is 1.43. The summed E-state index contributed by atoms with van der Waals surface area (Å²) in [7, 11) is 0. The van der Waals surface area contributed by atoms with Gasteiger partial charge in [-0.05, 0) is 20.8 Å². The molecule has 10 heteroatoms. The zero-order chi connectivity index (χ0) is 20.8. The Hall–Kier alpha value is -1.01. The van der Waals surface area contributed by atoms with Crippen molar-refractivity contribution in [3.8, 4) is 0 Å². The second kappa shape index (κ2) is 21.3. The Bertz CT molecular complexity index is 315. The van der Waals surface area contributed by atoms with Crippen LogP contribution in [0.25, 0.3) is 0 Å². The Balaban J connectivity index is -0.000000489. The minimum Gasteiger partial charge on any atom is -0.444 e. The van der Waals surface area contributed by atoms with E-state index in [4.69, 9.17) is 40.9 Å². The maximum absolute atomic E-state index is 11.2. The molecule has 0 rings (SSSR count). The van der Waals surface area contributed by atoms with Crippen LogP contribution in [0.15, 0.2) is 0 Å². The summed E-state index contributed by atoms with van der Waals surface area (Å²) in [6.07, 6.45) is -0.430. The number of amides is 1. The molecule has 1 amide bonds. The van der Waals surface area contributed by atoms with Crippen molar-refractivity contribution < 1.29 is 29.9 Å². The lowest BCUT2D eigenvalue weighted by Gasteiger charge is -2.19. The van der Waals surface area contributed by atoms with Crippen LogP contribution < -0.4 is 22.5 Å². The summed E-state index contributed by atoms with van der Waals surface area (Å²) < 4.78 is 25.5. The van der Waals surface area contributed by atoms with E-state index >= 15 is 0 Å². The number of rotatable bonds is 15. The summed E-state index contributed by atoms with van der Waals surface area (Å²) in [4.78, 5) is 11.2. The molecule has 0 saturated carbocycles. The zero-order valence-corrected chi connectivity index (χ0v) is 17.2. The lowest BCUT2D eigenvalue weighted by Crippen LogP contribution is -2.34. The van der Waals surface area contributed by atoms with Gasteiger partial charge in [-0.25, -0.2) is 4.79 Å². The second-order valence-corrected chi connectivity index (χ2v) is 6.24. The molecule has 0 saturated heterocycles. The van der Waals surface area contributed by atoms with Crippen LogP contribution in [0.4, 0.5) is 4.79 Å². The first-order valence-electron chi connectivity index (χ1n) is 9.25. The predicted octanol–water partition coefficient (Wildman–Crippen LogP) is -0.314. The van der Waals surface area contributed by atoms with Gasteiger partial charge in [0.15, 0.2) is 0 Å². The Morgan fingerprint density at radius 1 is 0.741 bits per heavy atom. The van der Waals surface area contributed by atoms with Gasteiger partial charge in [-0.15, -0.1) is 0 Å². The highest BCUT2D eigenvalue weighted by molar-refractivity contribution is 5.67. The number of carbonyl (C=O) groups excluding carboxylic acids is 1. The first-order valence-corrected chi connectivity index (χ1v) is 9.25. The van der Waals surface area contributed by atoms with E-state index in [0.717, 1.165) is 0 Å². The lowest BCUT2D eigenvalue weighted by molar-refractivity contribution is 0.0411. The van der Waals surface area contributed by atoms with Crippen LogP contribution >= 0.6 is 0 Å². The van der Waals surface area contributed by atoms with Crippen LogP contribution in [0.1, 0.15) is 22.2 Å². The minimum absolute atomic E-state index is 0. The van der Waals surface area contributed by atoms with Crippen LogP contribution in [0, 0.1) is 0 Å². The largest absolute Gasteiger partial charge is 0.444 e. The molecule has 166 valence electrons. The molecule has 0 aromatic rings. The molecule has 0 atom stereocenters. The zero-order valence-electron chi connectivity index (χ0n) is 17.2. The fourth-order valence-corrected chi connectivity index (χ4v) is 1.43. The smallest absolute Gasteiger partial charge is 0.407 e. The summed E-state index contributed by atoms with van der Waals surface area (Å²) in [6.45, 7) is 11.9. The second-order valence-electron chi connectivity index (χ2n) is 6.24. The number of alkyl carbamates (subject to hydrolysis) is 1. The average Bonchev–Trinajstić information content (AvgIpc) is 2.59. The Morgan fingerprint density at radius 2 is 1.11 bits per heavy atom. The van der Waals surface area contributed by atoms with Crippen molar-refractivity contribution in [2.24, 2.45) is 17.2 Å². The highest BCUT2D eigenvalue weighted by atomic mass is 16.6. The van der Waals surface area contributed by atoms with E-state index in [1.54, 1.807) is 0 Å². The molecular weight excluding hydrogens is 356 g/mol. The first kappa shape index (κ1) is 28.2. The molecule has 0 aliphatic carbocycles. The van der Waals surface area contributed by atoms with Crippen LogP contribution in [0.5, 0.6) is 0 Å². The molecule has 0 heterocycles. The van der Waals surface area contributed by atoms with Gasteiger partial charge >= 0.3 is 6.09 Å². The molecule has 0 spiro atoms. The maximum atomic E-state index is 11.2. The fraction of sp³-hybridized carbons (Fsp3) is 0.941. The summed E-state index contributed by atoms with van der Waals surface area (Å²) in [6, 6.07) is 0. The molecular formula is C17H42N4O6. The van der Waals surface area contributed by atoms with E-state index in [2.05, 4.69) is 5.32 Å². The molecule has 0 fully saturated rings. The van der Waals surface area contributed by atoms with Crippen LogP contribution in [0.3, 0.4) is 0 Å².